The number of benzene rings is 1. The Hall–Kier alpha value is -2.08. The number of hydrogen-bond donors (Lipinski definition) is 1. The van der Waals surface area contributed by atoms with Crippen LogP contribution >= 0.6 is 11.6 Å². The number of aromatic nitrogens is 2. The highest BCUT2D eigenvalue weighted by Gasteiger charge is 2.13. The summed E-state index contributed by atoms with van der Waals surface area (Å²) >= 11 is 6.20. The van der Waals surface area contributed by atoms with Gasteiger partial charge in [0, 0.05) is 32.9 Å². The quantitative estimate of drug-likeness (QED) is 0.820. The first-order chi connectivity index (χ1) is 11.4. The molecule has 1 aromatic heterocycles. The molecule has 0 spiro atoms. The number of aryl methyl sites for hydroxylation is 1. The smallest absolute Gasteiger partial charge is 0.226 e. The molecular formula is C17H23ClN4O2. The molecule has 7 heteroatoms. The topological polar surface area (TPSA) is 71.3 Å². The molecule has 0 saturated carbocycles. The highest BCUT2D eigenvalue weighted by atomic mass is 35.5. The number of carbonyl (C=O) groups is 1. The van der Waals surface area contributed by atoms with Gasteiger partial charge >= 0.3 is 0 Å². The number of anilines is 2. The first kappa shape index (κ1) is 18.3. The Labute approximate surface area is 147 Å². The molecule has 0 aliphatic rings. The lowest BCUT2D eigenvalue weighted by atomic mass is 10.2. The predicted octanol–water partition coefficient (Wildman–Crippen LogP) is 3.87. The number of hydrogen-bond acceptors (Lipinski definition) is 5. The van der Waals surface area contributed by atoms with E-state index in [0.29, 0.717) is 41.7 Å². The van der Waals surface area contributed by atoms with Gasteiger partial charge in [0.15, 0.2) is 5.82 Å². The van der Waals surface area contributed by atoms with E-state index in [1.807, 2.05) is 45.0 Å². The van der Waals surface area contributed by atoms with Gasteiger partial charge in [-0.15, -0.1) is 0 Å². The van der Waals surface area contributed by atoms with Gasteiger partial charge in [0.1, 0.15) is 0 Å². The van der Waals surface area contributed by atoms with Crippen molar-refractivity contribution in [3.63, 3.8) is 0 Å². The van der Waals surface area contributed by atoms with Crippen molar-refractivity contribution in [2.75, 3.05) is 24.3 Å². The van der Waals surface area contributed by atoms with Crippen LogP contribution in [-0.2, 0) is 11.2 Å². The van der Waals surface area contributed by atoms with E-state index < -0.39 is 0 Å². The summed E-state index contributed by atoms with van der Waals surface area (Å²) in [5.41, 5.74) is 1.50. The lowest BCUT2D eigenvalue weighted by Crippen LogP contribution is -2.17. The van der Waals surface area contributed by atoms with Gasteiger partial charge in [0.2, 0.25) is 11.8 Å². The highest BCUT2D eigenvalue weighted by molar-refractivity contribution is 6.34. The molecule has 6 nitrogen and oxygen atoms in total. The Morgan fingerprint density at radius 3 is 2.75 bits per heavy atom. The summed E-state index contributed by atoms with van der Waals surface area (Å²) in [6.45, 7) is 4.02. The minimum atomic E-state index is -0.0658. The summed E-state index contributed by atoms with van der Waals surface area (Å²) in [5.74, 6) is 1.44. The molecule has 0 bridgehead atoms. The number of nitrogens with zero attached hydrogens (tertiary/aromatic N) is 3. The number of para-hydroxylation sites is 1. The Bertz CT molecular complexity index is 698. The van der Waals surface area contributed by atoms with E-state index >= 15 is 0 Å². The third kappa shape index (κ3) is 4.71. The van der Waals surface area contributed by atoms with E-state index in [9.17, 15) is 4.79 Å². The normalized spacial score (nSPS) is 10.9. The van der Waals surface area contributed by atoms with Crippen LogP contribution in [0, 0.1) is 0 Å². The molecule has 0 atom stereocenters. The zero-order chi connectivity index (χ0) is 17.7. The molecule has 1 N–H and O–H groups in total. The largest absolute Gasteiger partial charge is 0.375 e. The summed E-state index contributed by atoms with van der Waals surface area (Å²) in [7, 11) is 3.78. The highest BCUT2D eigenvalue weighted by Crippen LogP contribution is 2.32. The minimum absolute atomic E-state index is 0.0658. The van der Waals surface area contributed by atoms with Crippen molar-refractivity contribution in [3.8, 4) is 0 Å². The van der Waals surface area contributed by atoms with Crippen molar-refractivity contribution >= 4 is 28.9 Å². The second kappa shape index (κ2) is 8.15. The number of amides is 1. The van der Waals surface area contributed by atoms with Crippen LogP contribution in [0.15, 0.2) is 22.7 Å². The van der Waals surface area contributed by atoms with Gasteiger partial charge in [-0.3, -0.25) is 4.79 Å². The Morgan fingerprint density at radius 1 is 1.38 bits per heavy atom. The van der Waals surface area contributed by atoms with Crippen LogP contribution in [0.4, 0.5) is 11.4 Å². The van der Waals surface area contributed by atoms with Crippen molar-refractivity contribution in [2.45, 2.75) is 39.0 Å². The summed E-state index contributed by atoms with van der Waals surface area (Å²) < 4.78 is 5.18. The number of nitrogens with one attached hydrogen (secondary N) is 1. The number of halogens is 1. The zero-order valence-corrected chi connectivity index (χ0v) is 15.2. The Kier molecular flexibility index (Phi) is 6.20. The molecule has 0 unspecified atom stereocenters. The molecule has 0 aliphatic carbocycles. The third-order valence-corrected chi connectivity index (χ3v) is 3.81. The maximum atomic E-state index is 12.2. The summed E-state index contributed by atoms with van der Waals surface area (Å²) in [4.78, 5) is 18.3. The molecule has 0 aliphatic heterocycles. The number of rotatable bonds is 7. The van der Waals surface area contributed by atoms with Crippen molar-refractivity contribution in [2.24, 2.45) is 0 Å². The Morgan fingerprint density at radius 2 is 2.12 bits per heavy atom. The van der Waals surface area contributed by atoms with Crippen LogP contribution < -0.4 is 10.2 Å². The average Bonchev–Trinajstić information content (AvgIpc) is 2.96. The molecule has 1 amide bonds. The SMILES string of the molecule is CC(C)c1noc(CCCC(=O)Nc2cccc(Cl)c2N(C)C)n1. The molecule has 0 radical (unpaired) electrons. The van der Waals surface area contributed by atoms with Gasteiger partial charge < -0.3 is 14.7 Å². The molecule has 130 valence electrons. The van der Waals surface area contributed by atoms with E-state index in [1.54, 1.807) is 6.07 Å². The lowest BCUT2D eigenvalue weighted by molar-refractivity contribution is -0.116. The van der Waals surface area contributed by atoms with Gasteiger partial charge in [-0.05, 0) is 18.6 Å². The van der Waals surface area contributed by atoms with Gasteiger partial charge in [-0.25, -0.2) is 0 Å². The molecule has 24 heavy (non-hydrogen) atoms. The van der Waals surface area contributed by atoms with Crippen LogP contribution in [0.2, 0.25) is 5.02 Å². The van der Waals surface area contributed by atoms with E-state index in [1.165, 1.54) is 0 Å². The Balaban J connectivity index is 1.88. The van der Waals surface area contributed by atoms with Gasteiger partial charge in [0.25, 0.3) is 0 Å². The van der Waals surface area contributed by atoms with Gasteiger partial charge in [0.05, 0.1) is 16.4 Å². The maximum absolute atomic E-state index is 12.2. The van der Waals surface area contributed by atoms with Crippen LogP contribution in [-0.4, -0.2) is 30.1 Å². The van der Waals surface area contributed by atoms with E-state index in [0.717, 1.165) is 5.69 Å². The first-order valence-corrected chi connectivity index (χ1v) is 8.34. The van der Waals surface area contributed by atoms with Gasteiger partial charge in [-0.2, -0.15) is 4.98 Å². The van der Waals surface area contributed by atoms with Crippen LogP contribution in [0.1, 0.15) is 44.3 Å². The maximum Gasteiger partial charge on any atom is 0.226 e. The molecule has 2 rings (SSSR count). The minimum Gasteiger partial charge on any atom is -0.375 e. The van der Waals surface area contributed by atoms with E-state index in [4.69, 9.17) is 16.1 Å². The fourth-order valence-electron chi connectivity index (χ4n) is 2.29. The molecule has 1 heterocycles. The molecule has 0 saturated heterocycles. The van der Waals surface area contributed by atoms with Crippen molar-refractivity contribution in [1.29, 1.82) is 0 Å². The van der Waals surface area contributed by atoms with Crippen molar-refractivity contribution < 1.29 is 9.32 Å². The summed E-state index contributed by atoms with van der Waals surface area (Å²) in [5, 5.41) is 7.43. The second-order valence-corrected chi connectivity index (χ2v) is 6.54. The molecule has 1 aromatic carbocycles. The van der Waals surface area contributed by atoms with Crippen LogP contribution in [0.25, 0.3) is 0 Å². The fraction of sp³-hybridized carbons (Fsp3) is 0.471. The van der Waals surface area contributed by atoms with Crippen molar-refractivity contribution in [1.82, 2.24) is 10.1 Å². The lowest BCUT2D eigenvalue weighted by Gasteiger charge is -2.19. The first-order valence-electron chi connectivity index (χ1n) is 7.96. The van der Waals surface area contributed by atoms with Crippen LogP contribution in [0.5, 0.6) is 0 Å². The molecule has 2 aromatic rings. The fourth-order valence-corrected chi connectivity index (χ4v) is 2.63. The summed E-state index contributed by atoms with van der Waals surface area (Å²) in [6, 6.07) is 5.46. The molecule has 0 fully saturated rings. The zero-order valence-electron chi connectivity index (χ0n) is 14.5. The summed E-state index contributed by atoms with van der Waals surface area (Å²) in [6.07, 6.45) is 1.60. The predicted molar refractivity (Wildman–Crippen MR) is 95.7 cm³/mol. The van der Waals surface area contributed by atoms with E-state index in [-0.39, 0.29) is 11.8 Å². The number of carbonyl (C=O) groups excluding carboxylic acids is 1. The standard InChI is InChI=1S/C17H23ClN4O2/c1-11(2)17-20-15(24-21-17)10-6-9-14(23)19-13-8-5-7-12(18)16(13)22(3)4/h5,7-8,11H,6,9-10H2,1-4H3,(H,19,23). The van der Waals surface area contributed by atoms with Gasteiger partial charge in [-0.1, -0.05) is 36.7 Å². The monoisotopic (exact) mass is 350 g/mol. The van der Waals surface area contributed by atoms with E-state index in [2.05, 4.69) is 15.5 Å². The van der Waals surface area contributed by atoms with Crippen LogP contribution in [0.3, 0.4) is 0 Å². The molecular weight excluding hydrogens is 328 g/mol. The third-order valence-electron chi connectivity index (χ3n) is 3.50. The average molecular weight is 351 g/mol. The second-order valence-electron chi connectivity index (χ2n) is 6.13. The van der Waals surface area contributed by atoms with Crippen molar-refractivity contribution in [3.05, 3.63) is 34.9 Å².